The molecule has 204 valence electrons. The van der Waals surface area contributed by atoms with Crippen LogP contribution in [0, 0.1) is 0 Å². The molecule has 2 heteroatoms. The van der Waals surface area contributed by atoms with E-state index in [2.05, 4.69) is 174 Å². The van der Waals surface area contributed by atoms with Gasteiger partial charge in [-0.3, -0.25) is 0 Å². The van der Waals surface area contributed by atoms with Crippen LogP contribution in [-0.2, 0) is 0 Å². The van der Waals surface area contributed by atoms with Crippen molar-refractivity contribution >= 4 is 44.0 Å². The minimum absolute atomic E-state index is 1.17. The maximum absolute atomic E-state index is 2.39. The van der Waals surface area contributed by atoms with Crippen molar-refractivity contribution in [2.24, 2.45) is 0 Å². The van der Waals surface area contributed by atoms with Gasteiger partial charge in [-0.1, -0.05) is 103 Å². The van der Waals surface area contributed by atoms with Gasteiger partial charge < -0.3 is 9.47 Å². The maximum Gasteiger partial charge on any atom is 0.0547 e. The standard InChI is InChI=1S/C41H30N2/c1-42(35-12-4-2-5-13-35)36-23-20-30(21-24-36)29-16-18-31(19-17-29)34-22-25-40-38(27-34)39-26-32-10-8-9-11-33(32)28-41(39)43(40)37-14-6-3-7-15-37/h2-28H,1H3. The summed E-state index contributed by atoms with van der Waals surface area (Å²) in [4.78, 5) is 2.21. The van der Waals surface area contributed by atoms with E-state index in [1.807, 2.05) is 6.07 Å². The molecular formula is C41H30N2. The second-order valence-electron chi connectivity index (χ2n) is 11.1. The van der Waals surface area contributed by atoms with Gasteiger partial charge in [0.05, 0.1) is 11.0 Å². The third-order valence-electron chi connectivity index (χ3n) is 8.60. The molecule has 0 aliphatic heterocycles. The highest BCUT2D eigenvalue weighted by Crippen LogP contribution is 2.37. The number of anilines is 2. The highest BCUT2D eigenvalue weighted by Gasteiger charge is 2.14. The van der Waals surface area contributed by atoms with Crippen molar-refractivity contribution in [1.82, 2.24) is 4.57 Å². The van der Waals surface area contributed by atoms with Crippen molar-refractivity contribution in [2.75, 3.05) is 11.9 Å². The van der Waals surface area contributed by atoms with Crippen molar-refractivity contribution in [3.63, 3.8) is 0 Å². The summed E-state index contributed by atoms with van der Waals surface area (Å²) in [5.74, 6) is 0. The van der Waals surface area contributed by atoms with E-state index in [0.717, 1.165) is 0 Å². The van der Waals surface area contributed by atoms with E-state index in [9.17, 15) is 0 Å². The van der Waals surface area contributed by atoms with Crippen LogP contribution in [0.1, 0.15) is 0 Å². The Morgan fingerprint density at radius 2 is 0.884 bits per heavy atom. The quantitative estimate of drug-likeness (QED) is 0.207. The van der Waals surface area contributed by atoms with E-state index in [4.69, 9.17) is 0 Å². The molecule has 43 heavy (non-hydrogen) atoms. The fourth-order valence-electron chi connectivity index (χ4n) is 6.27. The van der Waals surface area contributed by atoms with E-state index in [-0.39, 0.29) is 0 Å². The lowest BCUT2D eigenvalue weighted by molar-refractivity contribution is 1.18. The molecule has 8 aromatic rings. The largest absolute Gasteiger partial charge is 0.345 e. The molecule has 0 radical (unpaired) electrons. The topological polar surface area (TPSA) is 8.17 Å². The summed E-state index contributed by atoms with van der Waals surface area (Å²) in [5, 5.41) is 5.06. The molecular weight excluding hydrogens is 520 g/mol. The number of hydrogen-bond donors (Lipinski definition) is 0. The Kier molecular flexibility index (Phi) is 6.05. The zero-order chi connectivity index (χ0) is 28.8. The van der Waals surface area contributed by atoms with Crippen LogP contribution in [-0.4, -0.2) is 11.6 Å². The molecule has 0 amide bonds. The lowest BCUT2D eigenvalue weighted by Gasteiger charge is -2.19. The van der Waals surface area contributed by atoms with Gasteiger partial charge >= 0.3 is 0 Å². The van der Waals surface area contributed by atoms with Crippen molar-refractivity contribution in [2.45, 2.75) is 0 Å². The first-order valence-electron chi connectivity index (χ1n) is 14.7. The van der Waals surface area contributed by atoms with Gasteiger partial charge in [0.15, 0.2) is 0 Å². The zero-order valence-corrected chi connectivity index (χ0v) is 24.0. The van der Waals surface area contributed by atoms with Gasteiger partial charge in [0.25, 0.3) is 0 Å². The number of benzene rings is 7. The average molecular weight is 551 g/mol. The van der Waals surface area contributed by atoms with Crippen molar-refractivity contribution in [3.8, 4) is 27.9 Å². The fourth-order valence-corrected chi connectivity index (χ4v) is 6.27. The van der Waals surface area contributed by atoms with E-state index in [0.29, 0.717) is 0 Å². The van der Waals surface area contributed by atoms with Crippen molar-refractivity contribution < 1.29 is 0 Å². The molecule has 0 saturated carbocycles. The summed E-state index contributed by atoms with van der Waals surface area (Å²) in [5.41, 5.74) is 10.8. The van der Waals surface area contributed by atoms with Gasteiger partial charge in [0, 0.05) is 34.9 Å². The summed E-state index contributed by atoms with van der Waals surface area (Å²) in [6.07, 6.45) is 0. The number of rotatable bonds is 5. The molecule has 8 rings (SSSR count). The normalized spacial score (nSPS) is 11.4. The molecule has 0 spiro atoms. The predicted molar refractivity (Wildman–Crippen MR) is 184 cm³/mol. The fraction of sp³-hybridized carbons (Fsp3) is 0.0244. The van der Waals surface area contributed by atoms with Gasteiger partial charge in [-0.25, -0.2) is 0 Å². The van der Waals surface area contributed by atoms with Crippen molar-refractivity contribution in [3.05, 3.63) is 164 Å². The highest BCUT2D eigenvalue weighted by atomic mass is 15.1. The Hall–Kier alpha value is -5.60. The molecule has 0 unspecified atom stereocenters. The monoisotopic (exact) mass is 550 g/mol. The van der Waals surface area contributed by atoms with Gasteiger partial charge in [-0.2, -0.15) is 0 Å². The van der Waals surface area contributed by atoms with Crippen LogP contribution in [0.4, 0.5) is 11.4 Å². The molecule has 0 fully saturated rings. The highest BCUT2D eigenvalue weighted by molar-refractivity contribution is 6.14. The Morgan fingerprint density at radius 1 is 0.395 bits per heavy atom. The molecule has 0 atom stereocenters. The van der Waals surface area contributed by atoms with Crippen LogP contribution in [0.5, 0.6) is 0 Å². The number of para-hydroxylation sites is 2. The smallest absolute Gasteiger partial charge is 0.0547 e. The van der Waals surface area contributed by atoms with Crippen LogP contribution in [0.3, 0.4) is 0 Å². The van der Waals surface area contributed by atoms with Crippen molar-refractivity contribution in [1.29, 1.82) is 0 Å². The molecule has 1 aromatic heterocycles. The van der Waals surface area contributed by atoms with E-state index >= 15 is 0 Å². The molecule has 7 aromatic carbocycles. The Morgan fingerprint density at radius 3 is 1.56 bits per heavy atom. The van der Waals surface area contributed by atoms with Crippen LogP contribution in [0.2, 0.25) is 0 Å². The lowest BCUT2D eigenvalue weighted by atomic mass is 9.98. The first-order chi connectivity index (χ1) is 21.2. The maximum atomic E-state index is 2.39. The molecule has 0 bridgehead atoms. The minimum Gasteiger partial charge on any atom is -0.345 e. The zero-order valence-electron chi connectivity index (χ0n) is 24.0. The number of aromatic nitrogens is 1. The molecule has 0 aliphatic carbocycles. The molecule has 0 saturated heterocycles. The number of hydrogen-bond acceptors (Lipinski definition) is 1. The molecule has 0 aliphatic rings. The predicted octanol–water partition coefficient (Wildman–Crippen LogP) is 11.0. The minimum atomic E-state index is 1.17. The molecule has 2 nitrogen and oxygen atoms in total. The molecule has 0 N–H and O–H groups in total. The Bertz CT molecular complexity index is 2210. The Balaban J connectivity index is 1.17. The third-order valence-corrected chi connectivity index (χ3v) is 8.60. The van der Waals surface area contributed by atoms with Crippen LogP contribution >= 0.6 is 0 Å². The Labute approximate surface area is 251 Å². The second kappa shape index (κ2) is 10.3. The van der Waals surface area contributed by atoms with E-state index in [1.165, 1.54) is 71.9 Å². The van der Waals surface area contributed by atoms with E-state index < -0.39 is 0 Å². The summed E-state index contributed by atoms with van der Waals surface area (Å²) in [6, 6.07) is 59.1. The first-order valence-corrected chi connectivity index (χ1v) is 14.7. The SMILES string of the molecule is CN(c1ccccc1)c1ccc(-c2ccc(-c3ccc4c(c3)c3cc5ccccc5cc3n4-c3ccccc3)cc2)cc1. The van der Waals surface area contributed by atoms with Crippen LogP contribution in [0.15, 0.2) is 164 Å². The first kappa shape index (κ1) is 25.1. The lowest BCUT2D eigenvalue weighted by Crippen LogP contribution is -2.08. The number of fused-ring (bicyclic) bond motifs is 4. The van der Waals surface area contributed by atoms with Gasteiger partial charge in [0.2, 0.25) is 0 Å². The molecule has 1 heterocycles. The van der Waals surface area contributed by atoms with Gasteiger partial charge in [0.1, 0.15) is 0 Å². The third kappa shape index (κ3) is 4.45. The number of nitrogens with zero attached hydrogens (tertiary/aromatic N) is 2. The average Bonchev–Trinajstić information content (AvgIpc) is 3.40. The van der Waals surface area contributed by atoms with E-state index in [1.54, 1.807) is 0 Å². The summed E-state index contributed by atoms with van der Waals surface area (Å²) in [7, 11) is 2.11. The van der Waals surface area contributed by atoms with Gasteiger partial charge in [-0.15, -0.1) is 0 Å². The summed E-state index contributed by atoms with van der Waals surface area (Å²) < 4.78 is 2.39. The van der Waals surface area contributed by atoms with Crippen LogP contribution in [0.25, 0.3) is 60.5 Å². The van der Waals surface area contributed by atoms with Gasteiger partial charge in [-0.05, 0) is 93.7 Å². The summed E-state index contributed by atoms with van der Waals surface area (Å²) >= 11 is 0. The summed E-state index contributed by atoms with van der Waals surface area (Å²) in [6.45, 7) is 0. The second-order valence-corrected chi connectivity index (χ2v) is 11.1. The van der Waals surface area contributed by atoms with Crippen LogP contribution < -0.4 is 4.90 Å².